The second kappa shape index (κ2) is 1.93. The number of hydrogen-bond acceptors (Lipinski definition) is 3. The Morgan fingerprint density at radius 1 is 1.89 bits per heavy atom. The molecule has 0 aromatic heterocycles. The molecule has 0 atom stereocenters. The minimum Gasteiger partial charge on any atom is -0.463 e. The van der Waals surface area contributed by atoms with E-state index in [1.165, 1.54) is 0 Å². The van der Waals surface area contributed by atoms with Crippen molar-refractivity contribution in [1.82, 2.24) is 5.06 Å². The molecule has 1 amide bonds. The Morgan fingerprint density at radius 2 is 2.56 bits per heavy atom. The van der Waals surface area contributed by atoms with E-state index in [0.717, 1.165) is 5.06 Å². The molecular weight excluding hydrogens is 124 g/mol. The van der Waals surface area contributed by atoms with Crippen molar-refractivity contribution in [2.75, 3.05) is 6.54 Å². The van der Waals surface area contributed by atoms with Gasteiger partial charge in [0.1, 0.15) is 0 Å². The van der Waals surface area contributed by atoms with Crippen LogP contribution in [0, 0.1) is 5.41 Å². The SMILES string of the molecule is N=C1CCN(C(=O)O)O1. The molecule has 0 unspecified atom stereocenters. The van der Waals surface area contributed by atoms with Crippen LogP contribution < -0.4 is 0 Å². The summed E-state index contributed by atoms with van der Waals surface area (Å²) in [4.78, 5) is 14.5. The minimum atomic E-state index is -1.14. The van der Waals surface area contributed by atoms with Crippen LogP contribution in [0.2, 0.25) is 0 Å². The Bertz CT molecular complexity index is 156. The fraction of sp³-hybridized carbons (Fsp3) is 0.500. The summed E-state index contributed by atoms with van der Waals surface area (Å²) in [5.41, 5.74) is 0. The van der Waals surface area contributed by atoms with Gasteiger partial charge >= 0.3 is 6.09 Å². The molecule has 0 aliphatic carbocycles. The van der Waals surface area contributed by atoms with Gasteiger partial charge in [-0.05, 0) is 0 Å². The van der Waals surface area contributed by atoms with E-state index < -0.39 is 6.09 Å². The van der Waals surface area contributed by atoms with Crippen molar-refractivity contribution in [3.8, 4) is 0 Å². The van der Waals surface area contributed by atoms with Crippen LogP contribution >= 0.6 is 0 Å². The molecule has 2 N–H and O–H groups in total. The predicted octanol–water partition coefficient (Wildman–Crippen LogP) is 0.279. The molecule has 0 aromatic rings. The van der Waals surface area contributed by atoms with Crippen LogP contribution in [0.1, 0.15) is 6.42 Å². The number of hydroxylamine groups is 2. The molecule has 0 aromatic carbocycles. The van der Waals surface area contributed by atoms with Crippen LogP contribution in [-0.4, -0.2) is 28.7 Å². The molecule has 1 aliphatic heterocycles. The second-order valence-corrected chi connectivity index (χ2v) is 1.65. The van der Waals surface area contributed by atoms with Crippen LogP contribution in [0.3, 0.4) is 0 Å². The van der Waals surface area contributed by atoms with Crippen molar-refractivity contribution >= 4 is 12.0 Å². The zero-order valence-corrected chi connectivity index (χ0v) is 4.63. The first kappa shape index (κ1) is 5.87. The Labute approximate surface area is 51.3 Å². The molecule has 0 spiro atoms. The molecule has 1 heterocycles. The van der Waals surface area contributed by atoms with Gasteiger partial charge in [-0.1, -0.05) is 0 Å². The molecule has 5 nitrogen and oxygen atoms in total. The standard InChI is InChI=1S/C4H6N2O3/c5-3-1-2-6(9-3)4(7)8/h5H,1-2H2,(H,7,8). The number of nitrogens with one attached hydrogen (secondary N) is 1. The lowest BCUT2D eigenvalue weighted by Crippen LogP contribution is -2.24. The molecular formula is C4H6N2O3. The van der Waals surface area contributed by atoms with Crippen molar-refractivity contribution in [1.29, 1.82) is 5.41 Å². The van der Waals surface area contributed by atoms with Gasteiger partial charge in [-0.2, -0.15) is 0 Å². The van der Waals surface area contributed by atoms with Gasteiger partial charge in [-0.15, -0.1) is 5.06 Å². The molecule has 0 bridgehead atoms. The van der Waals surface area contributed by atoms with E-state index in [1.807, 2.05) is 0 Å². The first-order chi connectivity index (χ1) is 4.20. The van der Waals surface area contributed by atoms with Gasteiger partial charge in [0.05, 0.1) is 6.54 Å². The molecule has 0 saturated carbocycles. The quantitative estimate of drug-likeness (QED) is 0.494. The second-order valence-electron chi connectivity index (χ2n) is 1.65. The van der Waals surface area contributed by atoms with E-state index in [1.54, 1.807) is 0 Å². The molecule has 9 heavy (non-hydrogen) atoms. The highest BCUT2D eigenvalue weighted by molar-refractivity contribution is 5.78. The van der Waals surface area contributed by atoms with Crippen molar-refractivity contribution in [2.24, 2.45) is 0 Å². The number of rotatable bonds is 0. The average Bonchev–Trinajstić information content (AvgIpc) is 2.14. The van der Waals surface area contributed by atoms with E-state index in [9.17, 15) is 4.79 Å². The van der Waals surface area contributed by atoms with Crippen molar-refractivity contribution in [3.63, 3.8) is 0 Å². The summed E-state index contributed by atoms with van der Waals surface area (Å²) in [7, 11) is 0. The summed E-state index contributed by atoms with van der Waals surface area (Å²) >= 11 is 0. The number of carbonyl (C=O) groups is 1. The molecule has 50 valence electrons. The van der Waals surface area contributed by atoms with Gasteiger partial charge < -0.3 is 9.94 Å². The zero-order chi connectivity index (χ0) is 6.85. The third kappa shape index (κ3) is 1.10. The van der Waals surface area contributed by atoms with Crippen LogP contribution in [0.15, 0.2) is 0 Å². The third-order valence-corrected chi connectivity index (χ3v) is 0.976. The van der Waals surface area contributed by atoms with Crippen LogP contribution in [0.5, 0.6) is 0 Å². The monoisotopic (exact) mass is 130 g/mol. The van der Waals surface area contributed by atoms with E-state index in [2.05, 4.69) is 4.84 Å². The Morgan fingerprint density at radius 3 is 2.78 bits per heavy atom. The smallest absolute Gasteiger partial charge is 0.440 e. The molecule has 1 fully saturated rings. The number of hydrogen-bond donors (Lipinski definition) is 2. The predicted molar refractivity (Wildman–Crippen MR) is 28.2 cm³/mol. The molecule has 5 heteroatoms. The first-order valence-electron chi connectivity index (χ1n) is 2.46. The maximum atomic E-state index is 10.1. The summed E-state index contributed by atoms with van der Waals surface area (Å²) in [6.45, 7) is 0.272. The van der Waals surface area contributed by atoms with Crippen molar-refractivity contribution in [2.45, 2.75) is 6.42 Å². The summed E-state index contributed by atoms with van der Waals surface area (Å²) in [5, 5.41) is 15.8. The van der Waals surface area contributed by atoms with Gasteiger partial charge in [0.25, 0.3) is 0 Å². The molecule has 0 radical (unpaired) electrons. The lowest BCUT2D eigenvalue weighted by Gasteiger charge is -2.06. The van der Waals surface area contributed by atoms with Crippen LogP contribution in [0.4, 0.5) is 4.79 Å². The van der Waals surface area contributed by atoms with Gasteiger partial charge in [0.2, 0.25) is 5.90 Å². The fourth-order valence-corrected chi connectivity index (χ4v) is 0.562. The normalized spacial score (nSPS) is 17.8. The topological polar surface area (TPSA) is 73.6 Å². The lowest BCUT2D eigenvalue weighted by molar-refractivity contribution is -0.0224. The Kier molecular flexibility index (Phi) is 1.26. The van der Waals surface area contributed by atoms with E-state index in [-0.39, 0.29) is 12.4 Å². The maximum Gasteiger partial charge on any atom is 0.440 e. The third-order valence-electron chi connectivity index (χ3n) is 0.976. The Hall–Kier alpha value is -1.26. The van der Waals surface area contributed by atoms with Gasteiger partial charge in [-0.3, -0.25) is 5.41 Å². The fourth-order valence-electron chi connectivity index (χ4n) is 0.562. The minimum absolute atomic E-state index is 0.0115. The zero-order valence-electron chi connectivity index (χ0n) is 4.63. The lowest BCUT2D eigenvalue weighted by atomic mass is 10.4. The summed E-state index contributed by atoms with van der Waals surface area (Å²) in [6.07, 6.45) is -0.760. The van der Waals surface area contributed by atoms with Gasteiger partial charge in [-0.25, -0.2) is 4.79 Å². The molecule has 1 saturated heterocycles. The Balaban J connectivity index is 2.48. The van der Waals surface area contributed by atoms with E-state index >= 15 is 0 Å². The number of nitrogens with zero attached hydrogens (tertiary/aromatic N) is 1. The summed E-state index contributed by atoms with van der Waals surface area (Å²) in [5.74, 6) is 0.0115. The largest absolute Gasteiger partial charge is 0.463 e. The van der Waals surface area contributed by atoms with Crippen molar-refractivity contribution < 1.29 is 14.7 Å². The molecule has 1 rings (SSSR count). The highest BCUT2D eigenvalue weighted by atomic mass is 16.7. The van der Waals surface area contributed by atoms with E-state index in [4.69, 9.17) is 10.5 Å². The van der Waals surface area contributed by atoms with Crippen LogP contribution in [-0.2, 0) is 4.84 Å². The highest BCUT2D eigenvalue weighted by Gasteiger charge is 2.22. The molecule has 1 aliphatic rings. The highest BCUT2D eigenvalue weighted by Crippen LogP contribution is 2.05. The van der Waals surface area contributed by atoms with E-state index in [0.29, 0.717) is 6.42 Å². The van der Waals surface area contributed by atoms with Crippen molar-refractivity contribution in [3.05, 3.63) is 0 Å². The van der Waals surface area contributed by atoms with Gasteiger partial charge in [0, 0.05) is 6.42 Å². The van der Waals surface area contributed by atoms with Gasteiger partial charge in [0.15, 0.2) is 0 Å². The first-order valence-corrected chi connectivity index (χ1v) is 2.46. The average molecular weight is 130 g/mol. The maximum absolute atomic E-state index is 10.1. The summed E-state index contributed by atoms with van der Waals surface area (Å²) in [6, 6.07) is 0. The summed E-state index contributed by atoms with van der Waals surface area (Å²) < 4.78 is 0. The number of amides is 1. The number of carboxylic acid groups (broad SMARTS) is 1. The van der Waals surface area contributed by atoms with Crippen LogP contribution in [0.25, 0.3) is 0 Å².